The van der Waals surface area contributed by atoms with Crippen LogP contribution >= 0.6 is 0 Å². The Hall–Kier alpha value is -1.93. The second-order valence-electron chi connectivity index (χ2n) is 5.46. The van der Waals surface area contributed by atoms with Gasteiger partial charge in [0.05, 0.1) is 6.10 Å². The van der Waals surface area contributed by atoms with Gasteiger partial charge in [-0.3, -0.25) is 4.98 Å². The topological polar surface area (TPSA) is 33.1 Å². The molecule has 21 heavy (non-hydrogen) atoms. The van der Waals surface area contributed by atoms with Crippen molar-refractivity contribution in [1.29, 1.82) is 0 Å². The molecule has 1 N–H and O–H groups in total. The van der Waals surface area contributed by atoms with Crippen molar-refractivity contribution >= 4 is 16.8 Å². The first-order valence-corrected chi connectivity index (χ1v) is 7.53. The molecule has 0 saturated carbocycles. The Balaban J connectivity index is 2.03. The van der Waals surface area contributed by atoms with E-state index in [2.05, 4.69) is 48.0 Å². The summed E-state index contributed by atoms with van der Waals surface area (Å²) in [6.07, 6.45) is 11.6. The Labute approximate surface area is 126 Å². The van der Waals surface area contributed by atoms with Gasteiger partial charge < -0.3 is 5.11 Å². The van der Waals surface area contributed by atoms with E-state index in [1.807, 2.05) is 19.2 Å². The fraction of sp³-hybridized carbons (Fsp3) is 0.316. The second-order valence-corrected chi connectivity index (χ2v) is 5.46. The third-order valence-electron chi connectivity index (χ3n) is 3.46. The minimum atomic E-state index is -0.199. The zero-order valence-corrected chi connectivity index (χ0v) is 12.6. The molecule has 0 amide bonds. The highest BCUT2D eigenvalue weighted by Gasteiger charge is 1.98. The van der Waals surface area contributed by atoms with Gasteiger partial charge in [-0.2, -0.15) is 0 Å². The van der Waals surface area contributed by atoms with Crippen molar-refractivity contribution in [3.63, 3.8) is 0 Å². The van der Waals surface area contributed by atoms with Crippen LogP contribution in [0, 0.1) is 0 Å². The molecule has 0 aliphatic rings. The van der Waals surface area contributed by atoms with Crippen LogP contribution < -0.4 is 0 Å². The average molecular weight is 281 g/mol. The van der Waals surface area contributed by atoms with Crippen molar-refractivity contribution in [2.45, 2.75) is 38.7 Å². The first-order chi connectivity index (χ1) is 10.2. The van der Waals surface area contributed by atoms with Crippen molar-refractivity contribution in [3.8, 4) is 0 Å². The van der Waals surface area contributed by atoms with E-state index in [1.165, 1.54) is 10.9 Å². The van der Waals surface area contributed by atoms with E-state index in [0.717, 1.165) is 36.8 Å². The number of aliphatic hydroxyl groups excluding tert-OH is 1. The molecule has 0 aliphatic carbocycles. The number of hydrogen-bond donors (Lipinski definition) is 1. The third kappa shape index (κ3) is 4.83. The lowest BCUT2D eigenvalue weighted by Crippen LogP contribution is -1.97. The van der Waals surface area contributed by atoms with Gasteiger partial charge in [0.25, 0.3) is 0 Å². The first kappa shape index (κ1) is 15.5. The number of unbranched alkanes of at least 4 members (excludes halogenated alkanes) is 1. The monoisotopic (exact) mass is 281 g/mol. The summed E-state index contributed by atoms with van der Waals surface area (Å²) in [6.45, 7) is 5.58. The molecule has 0 saturated heterocycles. The molecule has 1 aromatic carbocycles. The zero-order chi connectivity index (χ0) is 15.1. The maximum Gasteiger partial charge on any atom is 0.0512 e. The molecule has 0 aliphatic heterocycles. The van der Waals surface area contributed by atoms with Gasteiger partial charge >= 0.3 is 0 Å². The predicted octanol–water partition coefficient (Wildman–Crippen LogP) is 4.53. The molecule has 2 heteroatoms. The molecule has 1 atom stereocenters. The van der Waals surface area contributed by atoms with Crippen LogP contribution in [0.1, 0.15) is 37.4 Å². The van der Waals surface area contributed by atoms with Crippen molar-refractivity contribution in [3.05, 3.63) is 60.5 Å². The third-order valence-corrected chi connectivity index (χ3v) is 3.46. The van der Waals surface area contributed by atoms with Crippen molar-refractivity contribution in [2.75, 3.05) is 0 Å². The molecular formula is C19H23NO. The van der Waals surface area contributed by atoms with Gasteiger partial charge in [-0.15, -0.1) is 6.58 Å². The average Bonchev–Trinajstić information content (AvgIpc) is 2.47. The van der Waals surface area contributed by atoms with Gasteiger partial charge in [0, 0.05) is 23.7 Å². The molecule has 2 rings (SSSR count). The van der Waals surface area contributed by atoms with Gasteiger partial charge in [-0.25, -0.2) is 0 Å². The lowest BCUT2D eigenvalue weighted by atomic mass is 10.1. The highest BCUT2D eigenvalue weighted by molar-refractivity contribution is 5.84. The second kappa shape index (κ2) is 7.75. The molecule has 1 heterocycles. The smallest absolute Gasteiger partial charge is 0.0512 e. The van der Waals surface area contributed by atoms with Crippen LogP contribution in [-0.2, 0) is 6.42 Å². The Bertz CT molecular complexity index is 628. The summed E-state index contributed by atoms with van der Waals surface area (Å²) in [4.78, 5) is 4.44. The Morgan fingerprint density at radius 2 is 2.14 bits per heavy atom. The Morgan fingerprint density at radius 1 is 1.29 bits per heavy atom. The van der Waals surface area contributed by atoms with Crippen LogP contribution in [0.4, 0.5) is 0 Å². The minimum absolute atomic E-state index is 0.199. The molecule has 110 valence electrons. The fourth-order valence-corrected chi connectivity index (χ4v) is 2.32. The molecule has 0 fully saturated rings. The van der Waals surface area contributed by atoms with Crippen LogP contribution in [0.3, 0.4) is 0 Å². The van der Waals surface area contributed by atoms with E-state index in [4.69, 9.17) is 0 Å². The highest BCUT2D eigenvalue weighted by atomic mass is 16.3. The Kier molecular flexibility index (Phi) is 5.70. The number of aromatic nitrogens is 1. The van der Waals surface area contributed by atoms with Crippen molar-refractivity contribution < 1.29 is 5.11 Å². The lowest BCUT2D eigenvalue weighted by molar-refractivity contribution is 0.182. The lowest BCUT2D eigenvalue weighted by Gasteiger charge is -2.03. The van der Waals surface area contributed by atoms with Crippen molar-refractivity contribution in [2.24, 2.45) is 0 Å². The summed E-state index contributed by atoms with van der Waals surface area (Å²) in [6, 6.07) is 8.54. The van der Waals surface area contributed by atoms with Gasteiger partial charge in [-0.1, -0.05) is 30.4 Å². The number of benzene rings is 1. The number of fused-ring (bicyclic) bond motifs is 1. The molecule has 0 radical (unpaired) electrons. The fourth-order valence-electron chi connectivity index (χ4n) is 2.32. The van der Waals surface area contributed by atoms with Gasteiger partial charge in [0.1, 0.15) is 0 Å². The minimum Gasteiger partial charge on any atom is -0.393 e. The molecule has 0 spiro atoms. The van der Waals surface area contributed by atoms with Crippen LogP contribution in [0.5, 0.6) is 0 Å². The molecule has 1 unspecified atom stereocenters. The van der Waals surface area contributed by atoms with E-state index in [1.54, 1.807) is 0 Å². The van der Waals surface area contributed by atoms with Crippen LogP contribution in [0.2, 0.25) is 0 Å². The van der Waals surface area contributed by atoms with Gasteiger partial charge in [0.15, 0.2) is 0 Å². The molecule has 2 aromatic rings. The quantitative estimate of drug-likeness (QED) is 0.597. The number of nitrogens with zero attached hydrogens (tertiary/aromatic N) is 1. The normalized spacial score (nSPS) is 12.9. The first-order valence-electron chi connectivity index (χ1n) is 7.53. The SMILES string of the molecule is C=CCc1cc2ccc(C=CCCCC(C)O)cc2cn1. The summed E-state index contributed by atoms with van der Waals surface area (Å²) >= 11 is 0. The highest BCUT2D eigenvalue weighted by Crippen LogP contribution is 2.18. The van der Waals surface area contributed by atoms with E-state index in [-0.39, 0.29) is 6.10 Å². The predicted molar refractivity (Wildman–Crippen MR) is 90.2 cm³/mol. The van der Waals surface area contributed by atoms with Crippen LogP contribution in [-0.4, -0.2) is 16.2 Å². The zero-order valence-electron chi connectivity index (χ0n) is 12.6. The van der Waals surface area contributed by atoms with E-state index >= 15 is 0 Å². The summed E-state index contributed by atoms with van der Waals surface area (Å²) < 4.78 is 0. The summed E-state index contributed by atoms with van der Waals surface area (Å²) in [5.74, 6) is 0. The van der Waals surface area contributed by atoms with Crippen LogP contribution in [0.15, 0.2) is 49.2 Å². The van der Waals surface area contributed by atoms with Gasteiger partial charge in [0.2, 0.25) is 0 Å². The van der Waals surface area contributed by atoms with Crippen LogP contribution in [0.25, 0.3) is 16.8 Å². The molecule has 1 aromatic heterocycles. The van der Waals surface area contributed by atoms with Gasteiger partial charge in [-0.05, 0) is 49.3 Å². The molecule has 2 nitrogen and oxygen atoms in total. The largest absolute Gasteiger partial charge is 0.393 e. The summed E-state index contributed by atoms with van der Waals surface area (Å²) in [7, 11) is 0. The summed E-state index contributed by atoms with van der Waals surface area (Å²) in [5, 5.41) is 11.6. The number of rotatable bonds is 7. The van der Waals surface area contributed by atoms with E-state index < -0.39 is 0 Å². The van der Waals surface area contributed by atoms with E-state index in [9.17, 15) is 5.11 Å². The number of aliphatic hydroxyl groups is 1. The molecule has 0 bridgehead atoms. The standard InChI is InChI=1S/C19H23NO/c1-3-7-19-13-17-11-10-16(12-18(17)14-20-19)9-6-4-5-8-15(2)21/h3,6,9-15,21H,1,4-5,7-8H2,2H3. The number of allylic oxidation sites excluding steroid dienone is 2. The molecular weight excluding hydrogens is 258 g/mol. The Morgan fingerprint density at radius 3 is 2.90 bits per heavy atom. The number of hydrogen-bond acceptors (Lipinski definition) is 2. The number of pyridine rings is 1. The summed E-state index contributed by atoms with van der Waals surface area (Å²) in [5.41, 5.74) is 2.25. The maximum absolute atomic E-state index is 9.21. The van der Waals surface area contributed by atoms with E-state index in [0.29, 0.717) is 0 Å². The van der Waals surface area contributed by atoms with Crippen molar-refractivity contribution in [1.82, 2.24) is 4.98 Å². The maximum atomic E-state index is 9.21.